The Kier molecular flexibility index (Phi) is 5.92. The molecule has 1 atom stereocenters. The van der Waals surface area contributed by atoms with Gasteiger partial charge in [0.15, 0.2) is 0 Å². The number of hydrogen-bond acceptors (Lipinski definition) is 6. The summed E-state index contributed by atoms with van der Waals surface area (Å²) in [5, 5.41) is 0. The van der Waals surface area contributed by atoms with Gasteiger partial charge in [-0.25, -0.2) is 9.69 Å². The van der Waals surface area contributed by atoms with E-state index in [0.717, 1.165) is 32.7 Å². The molecule has 0 aliphatic carbocycles. The van der Waals surface area contributed by atoms with Gasteiger partial charge in [-0.2, -0.15) is 0 Å². The van der Waals surface area contributed by atoms with Gasteiger partial charge in [0.2, 0.25) is 5.91 Å². The van der Waals surface area contributed by atoms with Gasteiger partial charge in [-0.15, -0.1) is 0 Å². The lowest BCUT2D eigenvalue weighted by atomic mass is 10.1. The maximum Gasteiger partial charge on any atom is 0.337 e. The van der Waals surface area contributed by atoms with Crippen LogP contribution in [0, 0.1) is 0 Å². The highest BCUT2D eigenvalue weighted by molar-refractivity contribution is 6.22. The molecule has 2 aliphatic rings. The number of methoxy groups -OCH3 is 1. The van der Waals surface area contributed by atoms with Crippen LogP contribution in [0.2, 0.25) is 0 Å². The van der Waals surface area contributed by atoms with E-state index in [1.165, 1.54) is 17.6 Å². The lowest BCUT2D eigenvalue weighted by Gasteiger charge is -2.37. The number of anilines is 1. The van der Waals surface area contributed by atoms with Gasteiger partial charge in [-0.05, 0) is 29.8 Å². The number of hydrogen-bond donors (Lipinski definition) is 0. The third-order valence-electron chi connectivity index (χ3n) is 5.77. The Balaban J connectivity index is 1.38. The molecule has 2 amide bonds. The second kappa shape index (κ2) is 8.77. The van der Waals surface area contributed by atoms with Gasteiger partial charge < -0.3 is 4.74 Å². The first kappa shape index (κ1) is 20.3. The second-order valence-corrected chi connectivity index (χ2v) is 7.62. The van der Waals surface area contributed by atoms with Crippen LogP contribution in [0.4, 0.5) is 5.69 Å². The minimum atomic E-state index is -0.452. The van der Waals surface area contributed by atoms with Crippen molar-refractivity contribution >= 4 is 23.5 Å². The monoisotopic (exact) mass is 407 g/mol. The number of imide groups is 1. The van der Waals surface area contributed by atoms with Gasteiger partial charge in [-0.3, -0.25) is 19.4 Å². The fourth-order valence-electron chi connectivity index (χ4n) is 4.11. The van der Waals surface area contributed by atoms with Crippen LogP contribution in [-0.2, 0) is 20.9 Å². The number of amides is 2. The first-order valence-corrected chi connectivity index (χ1v) is 10.1. The topological polar surface area (TPSA) is 70.2 Å². The Morgan fingerprint density at radius 1 is 0.967 bits per heavy atom. The molecule has 4 rings (SSSR count). The maximum atomic E-state index is 13.0. The van der Waals surface area contributed by atoms with Crippen molar-refractivity contribution < 1.29 is 19.1 Å². The Morgan fingerprint density at radius 3 is 2.27 bits per heavy atom. The predicted molar refractivity (Wildman–Crippen MR) is 112 cm³/mol. The van der Waals surface area contributed by atoms with E-state index in [1.54, 1.807) is 24.3 Å². The molecular formula is C23H25N3O4. The molecule has 0 aromatic heterocycles. The molecule has 156 valence electrons. The number of rotatable bonds is 5. The molecule has 0 saturated carbocycles. The molecule has 2 aromatic carbocycles. The molecule has 0 radical (unpaired) electrons. The van der Waals surface area contributed by atoms with Crippen molar-refractivity contribution in [2.45, 2.75) is 19.0 Å². The van der Waals surface area contributed by atoms with Gasteiger partial charge >= 0.3 is 5.97 Å². The number of esters is 1. The molecule has 30 heavy (non-hydrogen) atoms. The Labute approximate surface area is 175 Å². The van der Waals surface area contributed by atoms with Gasteiger partial charge in [0.05, 0.1) is 30.8 Å². The third-order valence-corrected chi connectivity index (χ3v) is 5.77. The average Bonchev–Trinajstić information content (AvgIpc) is 3.08. The number of piperazine rings is 1. The second-order valence-electron chi connectivity index (χ2n) is 7.62. The summed E-state index contributed by atoms with van der Waals surface area (Å²) in [6.45, 7) is 4.13. The van der Waals surface area contributed by atoms with Crippen LogP contribution in [0.1, 0.15) is 22.3 Å². The molecule has 2 heterocycles. The molecule has 2 aromatic rings. The normalized spacial score (nSPS) is 20.6. The van der Waals surface area contributed by atoms with Crippen LogP contribution in [0.3, 0.4) is 0 Å². The number of benzene rings is 2. The number of carbonyl (C=O) groups is 3. The fourth-order valence-corrected chi connectivity index (χ4v) is 4.11. The zero-order valence-corrected chi connectivity index (χ0v) is 17.0. The van der Waals surface area contributed by atoms with Crippen LogP contribution in [0.5, 0.6) is 0 Å². The van der Waals surface area contributed by atoms with E-state index in [9.17, 15) is 14.4 Å². The largest absolute Gasteiger partial charge is 0.465 e. The molecule has 0 bridgehead atoms. The third kappa shape index (κ3) is 4.13. The van der Waals surface area contributed by atoms with E-state index in [-0.39, 0.29) is 18.2 Å². The molecular weight excluding hydrogens is 382 g/mol. The van der Waals surface area contributed by atoms with Crippen LogP contribution in [0.15, 0.2) is 54.6 Å². The van der Waals surface area contributed by atoms with Gasteiger partial charge in [0.1, 0.15) is 0 Å². The van der Waals surface area contributed by atoms with E-state index in [2.05, 4.69) is 26.7 Å². The van der Waals surface area contributed by atoms with Crippen LogP contribution in [-0.4, -0.2) is 66.9 Å². The summed E-state index contributed by atoms with van der Waals surface area (Å²) in [6.07, 6.45) is 0.191. The fraction of sp³-hybridized carbons (Fsp3) is 0.348. The molecule has 0 unspecified atom stereocenters. The smallest absolute Gasteiger partial charge is 0.337 e. The summed E-state index contributed by atoms with van der Waals surface area (Å²) in [4.78, 5) is 42.9. The highest BCUT2D eigenvalue weighted by Gasteiger charge is 2.43. The van der Waals surface area contributed by atoms with Crippen molar-refractivity contribution in [2.75, 3.05) is 38.2 Å². The van der Waals surface area contributed by atoms with Crippen LogP contribution >= 0.6 is 0 Å². The van der Waals surface area contributed by atoms with Crippen molar-refractivity contribution in [3.63, 3.8) is 0 Å². The van der Waals surface area contributed by atoms with Gasteiger partial charge in [-0.1, -0.05) is 30.3 Å². The number of nitrogens with zero attached hydrogens (tertiary/aromatic N) is 3. The van der Waals surface area contributed by atoms with E-state index in [1.807, 2.05) is 18.2 Å². The predicted octanol–water partition coefficient (Wildman–Crippen LogP) is 1.92. The van der Waals surface area contributed by atoms with E-state index in [4.69, 9.17) is 0 Å². The average molecular weight is 407 g/mol. The SMILES string of the molecule is COC(=O)c1ccc(N2C(=O)C[C@@H](N3CCN(Cc4ccccc4)CC3)C2=O)cc1. The number of carbonyl (C=O) groups excluding carboxylic acids is 3. The summed E-state index contributed by atoms with van der Waals surface area (Å²) < 4.78 is 4.69. The summed E-state index contributed by atoms with van der Waals surface area (Å²) >= 11 is 0. The van der Waals surface area contributed by atoms with Crippen molar-refractivity contribution in [3.05, 3.63) is 65.7 Å². The number of ether oxygens (including phenoxy) is 1. The standard InChI is InChI=1S/C23H25N3O4/c1-30-23(29)18-7-9-19(10-8-18)26-21(27)15-20(22(26)28)25-13-11-24(12-14-25)16-17-5-3-2-4-6-17/h2-10,20H,11-16H2,1H3/t20-/m1/s1. The van der Waals surface area contributed by atoms with Crippen LogP contribution in [0.25, 0.3) is 0 Å². The minimum Gasteiger partial charge on any atom is -0.465 e. The highest BCUT2D eigenvalue weighted by atomic mass is 16.5. The summed E-state index contributed by atoms with van der Waals surface area (Å²) in [5.74, 6) is -0.850. The molecule has 0 spiro atoms. The zero-order valence-electron chi connectivity index (χ0n) is 17.0. The first-order chi connectivity index (χ1) is 14.6. The lowest BCUT2D eigenvalue weighted by Crippen LogP contribution is -2.52. The molecule has 0 N–H and O–H groups in total. The van der Waals surface area contributed by atoms with E-state index >= 15 is 0 Å². The van der Waals surface area contributed by atoms with Gasteiger partial charge in [0, 0.05) is 32.7 Å². The zero-order chi connectivity index (χ0) is 21.1. The Bertz CT molecular complexity index is 921. The van der Waals surface area contributed by atoms with Crippen molar-refractivity contribution in [3.8, 4) is 0 Å². The quantitative estimate of drug-likeness (QED) is 0.557. The summed E-state index contributed by atoms with van der Waals surface area (Å²) in [6, 6.07) is 16.3. The molecule has 2 fully saturated rings. The van der Waals surface area contributed by atoms with E-state index in [0.29, 0.717) is 11.3 Å². The maximum absolute atomic E-state index is 13.0. The van der Waals surface area contributed by atoms with Crippen molar-refractivity contribution in [2.24, 2.45) is 0 Å². The summed E-state index contributed by atoms with van der Waals surface area (Å²) in [7, 11) is 1.31. The van der Waals surface area contributed by atoms with E-state index < -0.39 is 12.0 Å². The lowest BCUT2D eigenvalue weighted by molar-refractivity contribution is -0.123. The Hall–Kier alpha value is -3.03. The minimum absolute atomic E-state index is 0.191. The van der Waals surface area contributed by atoms with Crippen LogP contribution < -0.4 is 4.90 Å². The Morgan fingerprint density at radius 2 is 1.63 bits per heavy atom. The van der Waals surface area contributed by atoms with Crippen molar-refractivity contribution in [1.29, 1.82) is 0 Å². The molecule has 2 saturated heterocycles. The molecule has 2 aliphatic heterocycles. The molecule has 7 heteroatoms. The van der Waals surface area contributed by atoms with Gasteiger partial charge in [0.25, 0.3) is 5.91 Å². The van der Waals surface area contributed by atoms with Crippen molar-refractivity contribution in [1.82, 2.24) is 9.80 Å². The first-order valence-electron chi connectivity index (χ1n) is 10.1. The summed E-state index contributed by atoms with van der Waals surface area (Å²) in [5.41, 5.74) is 2.15. The highest BCUT2D eigenvalue weighted by Crippen LogP contribution is 2.27. The molecule has 7 nitrogen and oxygen atoms in total.